The van der Waals surface area contributed by atoms with Gasteiger partial charge in [-0.05, 0) is 44.0 Å². The molecule has 1 aliphatic rings. The van der Waals surface area contributed by atoms with Crippen LogP contribution in [0.25, 0.3) is 17.0 Å². The number of fused-ring (bicyclic) bond motifs is 1. The Kier molecular flexibility index (Phi) is 6.67. The van der Waals surface area contributed by atoms with Crippen molar-refractivity contribution in [3.05, 3.63) is 76.1 Å². The van der Waals surface area contributed by atoms with E-state index in [0.717, 1.165) is 40.5 Å². The number of hydroxylamine groups is 1. The van der Waals surface area contributed by atoms with Crippen LogP contribution in [0, 0.1) is 0 Å². The third-order valence-electron chi connectivity index (χ3n) is 5.73. The molecule has 1 atom stereocenters. The largest absolute Gasteiger partial charge is 0.458 e. The maximum Gasteiger partial charge on any atom is 0.202 e. The minimum atomic E-state index is -1.36. The third kappa shape index (κ3) is 4.72. The van der Waals surface area contributed by atoms with E-state index in [-0.39, 0.29) is 0 Å². The highest BCUT2D eigenvalue weighted by molar-refractivity contribution is 6.03. The predicted molar refractivity (Wildman–Crippen MR) is 130 cm³/mol. The highest BCUT2D eigenvalue weighted by Crippen LogP contribution is 2.32. The van der Waals surface area contributed by atoms with E-state index < -0.39 is 25.0 Å². The van der Waals surface area contributed by atoms with Gasteiger partial charge in [-0.2, -0.15) is 0 Å². The molecule has 7 nitrogen and oxygen atoms in total. The van der Waals surface area contributed by atoms with Crippen molar-refractivity contribution in [2.75, 3.05) is 13.2 Å². The lowest BCUT2D eigenvalue weighted by molar-refractivity contribution is 0.0377. The van der Waals surface area contributed by atoms with Gasteiger partial charge in [0.2, 0.25) is 6.23 Å². The maximum absolute atomic E-state index is 9.69. The summed E-state index contributed by atoms with van der Waals surface area (Å²) < 4.78 is 6.00. The first-order chi connectivity index (χ1) is 15.9. The van der Waals surface area contributed by atoms with Gasteiger partial charge in [0.05, 0.1) is 13.2 Å². The van der Waals surface area contributed by atoms with Crippen LogP contribution < -0.4 is 11.2 Å². The van der Waals surface area contributed by atoms with Crippen LogP contribution in [0.3, 0.4) is 0 Å². The molecule has 0 fully saturated rings. The summed E-state index contributed by atoms with van der Waals surface area (Å²) in [6.07, 6.45) is 3.74. The van der Waals surface area contributed by atoms with E-state index in [2.05, 4.69) is 36.7 Å². The summed E-state index contributed by atoms with van der Waals surface area (Å²) in [6.45, 7) is 5.30. The summed E-state index contributed by atoms with van der Waals surface area (Å²) in [7, 11) is 0. The Bertz CT molecular complexity index is 1190. The number of aliphatic imine (C=N–C) groups is 1. The van der Waals surface area contributed by atoms with Gasteiger partial charge < -0.3 is 20.4 Å². The van der Waals surface area contributed by atoms with Crippen molar-refractivity contribution in [1.82, 2.24) is 5.48 Å². The first-order valence-electron chi connectivity index (χ1n) is 11.2. The number of aliphatic hydroxyl groups is 2. The van der Waals surface area contributed by atoms with Gasteiger partial charge in [-0.25, -0.2) is 15.3 Å². The van der Waals surface area contributed by atoms with Gasteiger partial charge in [-0.3, -0.25) is 0 Å². The van der Waals surface area contributed by atoms with Crippen molar-refractivity contribution in [3.8, 4) is 0 Å². The van der Waals surface area contributed by atoms with E-state index in [1.807, 2.05) is 32.1 Å². The smallest absolute Gasteiger partial charge is 0.202 e. The molecule has 1 aromatic heterocycles. The Hall–Kier alpha value is -2.97. The van der Waals surface area contributed by atoms with Crippen LogP contribution in [0.4, 0.5) is 0 Å². The van der Waals surface area contributed by atoms with E-state index in [9.17, 15) is 10.2 Å². The van der Waals surface area contributed by atoms with Crippen LogP contribution >= 0.6 is 0 Å². The normalized spacial score (nSPS) is 16.1. The molecular weight excluding hydrogens is 418 g/mol. The summed E-state index contributed by atoms with van der Waals surface area (Å²) in [5, 5.41) is 20.2. The molecule has 33 heavy (non-hydrogen) atoms. The highest BCUT2D eigenvalue weighted by Gasteiger charge is 2.31. The molecule has 0 radical (unpaired) electrons. The molecule has 7 heteroatoms. The van der Waals surface area contributed by atoms with Gasteiger partial charge in [-0.1, -0.05) is 49.3 Å². The molecule has 2 aromatic carbocycles. The number of aliphatic hydroxyl groups excluding tert-OH is 2. The number of allylic oxidation sites excluding steroid dienone is 1. The number of nitrogens with two attached hydrogens (primary N) is 1. The number of nitrogens with one attached hydrogen (secondary N) is 1. The molecule has 1 aliphatic heterocycles. The van der Waals surface area contributed by atoms with Crippen molar-refractivity contribution >= 4 is 22.9 Å². The third-order valence-corrected chi connectivity index (χ3v) is 5.73. The number of hydrogen-bond donors (Lipinski definition) is 4. The average Bonchev–Trinajstić information content (AvgIpc) is 3.47. The summed E-state index contributed by atoms with van der Waals surface area (Å²) in [5.74, 6) is 0.944. The van der Waals surface area contributed by atoms with Gasteiger partial charge in [-0.15, -0.1) is 0 Å². The Morgan fingerprint density at radius 1 is 1.15 bits per heavy atom. The Labute approximate surface area is 193 Å². The van der Waals surface area contributed by atoms with Crippen LogP contribution in [0.5, 0.6) is 0 Å². The zero-order chi connectivity index (χ0) is 23.6. The van der Waals surface area contributed by atoms with Gasteiger partial charge in [0, 0.05) is 22.1 Å². The number of aryl methyl sites for hydroxylation is 1. The summed E-state index contributed by atoms with van der Waals surface area (Å²) in [6, 6.07) is 14.0. The van der Waals surface area contributed by atoms with E-state index in [0.29, 0.717) is 17.2 Å². The second kappa shape index (κ2) is 9.49. The second-order valence-corrected chi connectivity index (χ2v) is 8.83. The zero-order valence-electron chi connectivity index (χ0n) is 19.3. The number of hydrogen-bond acceptors (Lipinski definition) is 7. The second-order valence-electron chi connectivity index (χ2n) is 8.83. The summed E-state index contributed by atoms with van der Waals surface area (Å²) in [4.78, 5) is 10.5. The van der Waals surface area contributed by atoms with Gasteiger partial charge in [0.15, 0.2) is 5.84 Å². The summed E-state index contributed by atoms with van der Waals surface area (Å²) >= 11 is 0. The Balaban J connectivity index is 1.73. The molecule has 0 amide bonds. The van der Waals surface area contributed by atoms with E-state index in [1.165, 1.54) is 5.56 Å². The zero-order valence-corrected chi connectivity index (χ0v) is 19.3. The standard InChI is InChI=1S/C26H31N3O4/c1-4-5-17-6-8-18(9-7-17)25-28-24(29-33-25)21-11-19(10-16(2)3)23-20(12-21)13-22(32-23)26(27,14-30)15-31/h6-13,25,30-31H,4-5,14-15,27H2,1-3H3,(H,28,29). The molecule has 174 valence electrons. The molecule has 5 N–H and O–H groups in total. The van der Waals surface area contributed by atoms with Crippen molar-refractivity contribution < 1.29 is 19.5 Å². The van der Waals surface area contributed by atoms with Crippen molar-refractivity contribution in [2.45, 2.75) is 45.4 Å². The Morgan fingerprint density at radius 3 is 2.52 bits per heavy atom. The van der Waals surface area contributed by atoms with E-state index >= 15 is 0 Å². The molecule has 0 spiro atoms. The lowest BCUT2D eigenvalue weighted by atomic mass is 9.99. The van der Waals surface area contributed by atoms with Crippen LogP contribution in [-0.2, 0) is 16.8 Å². The van der Waals surface area contributed by atoms with E-state index in [1.54, 1.807) is 6.07 Å². The lowest BCUT2D eigenvalue weighted by Crippen LogP contribution is -2.43. The minimum absolute atomic E-state index is 0.325. The van der Waals surface area contributed by atoms with Crippen LogP contribution in [0.2, 0.25) is 0 Å². The number of rotatable bonds is 8. The molecule has 0 saturated carbocycles. The Morgan fingerprint density at radius 2 is 1.88 bits per heavy atom. The first-order valence-corrected chi connectivity index (χ1v) is 11.2. The van der Waals surface area contributed by atoms with Gasteiger partial charge in [0.1, 0.15) is 16.9 Å². The SMILES string of the molecule is CCCc1ccc(C2N=C(c3cc(C=C(C)C)c4oc(C(N)(CO)CO)cc4c3)NO2)cc1. The number of nitrogens with zero attached hydrogens (tertiary/aromatic N) is 1. The quantitative estimate of drug-likeness (QED) is 0.414. The molecule has 0 bridgehead atoms. The highest BCUT2D eigenvalue weighted by atomic mass is 16.7. The molecule has 1 unspecified atom stereocenters. The number of amidine groups is 1. The minimum Gasteiger partial charge on any atom is -0.458 e. The van der Waals surface area contributed by atoms with Crippen LogP contribution in [0.15, 0.2) is 57.4 Å². The maximum atomic E-state index is 9.69. The number of furan rings is 1. The molecular formula is C26H31N3O4. The van der Waals surface area contributed by atoms with Gasteiger partial charge in [0.25, 0.3) is 0 Å². The van der Waals surface area contributed by atoms with Crippen LogP contribution in [0.1, 0.15) is 61.4 Å². The molecule has 3 aromatic rings. The fourth-order valence-corrected chi connectivity index (χ4v) is 3.88. The van der Waals surface area contributed by atoms with E-state index in [4.69, 9.17) is 20.0 Å². The van der Waals surface area contributed by atoms with Crippen LogP contribution in [-0.4, -0.2) is 29.3 Å². The lowest BCUT2D eigenvalue weighted by Gasteiger charge is -2.21. The fraction of sp³-hybridized carbons (Fsp3) is 0.346. The fourth-order valence-electron chi connectivity index (χ4n) is 3.88. The van der Waals surface area contributed by atoms with Crippen molar-refractivity contribution in [2.24, 2.45) is 10.7 Å². The summed E-state index contributed by atoms with van der Waals surface area (Å²) in [5.41, 5.74) is 13.4. The van der Waals surface area contributed by atoms with Crippen molar-refractivity contribution in [1.29, 1.82) is 0 Å². The molecule has 4 rings (SSSR count). The first kappa shape index (κ1) is 23.2. The van der Waals surface area contributed by atoms with Crippen molar-refractivity contribution in [3.63, 3.8) is 0 Å². The molecule has 0 aliphatic carbocycles. The topological polar surface area (TPSA) is 113 Å². The monoisotopic (exact) mass is 449 g/mol. The molecule has 0 saturated heterocycles. The average molecular weight is 450 g/mol. The number of benzene rings is 2. The molecule has 2 heterocycles. The van der Waals surface area contributed by atoms with Gasteiger partial charge >= 0.3 is 0 Å². The predicted octanol–water partition coefficient (Wildman–Crippen LogP) is 3.93.